The molecule has 0 heterocycles. The summed E-state index contributed by atoms with van der Waals surface area (Å²) in [4.78, 5) is 0. The SMILES string of the molecule is Cc1cc(C#N)cc(C)c1Oc1c(C)cccc1C#N. The van der Waals surface area contributed by atoms with Crippen LogP contribution in [0.15, 0.2) is 30.3 Å². The summed E-state index contributed by atoms with van der Waals surface area (Å²) in [5.41, 5.74) is 3.79. The molecule has 98 valence electrons. The summed E-state index contributed by atoms with van der Waals surface area (Å²) in [6.45, 7) is 5.70. The minimum absolute atomic E-state index is 0.508. The first kappa shape index (κ1) is 13.6. The summed E-state index contributed by atoms with van der Waals surface area (Å²) < 4.78 is 5.96. The Bertz CT molecular complexity index is 726. The summed E-state index contributed by atoms with van der Waals surface area (Å²) in [5, 5.41) is 18.1. The predicted octanol–water partition coefficient (Wildman–Crippen LogP) is 4.15. The Morgan fingerprint density at radius 1 is 0.850 bits per heavy atom. The van der Waals surface area contributed by atoms with Gasteiger partial charge in [0.1, 0.15) is 17.6 Å². The number of rotatable bonds is 2. The molecule has 0 aliphatic carbocycles. The largest absolute Gasteiger partial charge is 0.455 e. The Morgan fingerprint density at radius 3 is 2.05 bits per heavy atom. The molecule has 20 heavy (non-hydrogen) atoms. The van der Waals surface area contributed by atoms with Gasteiger partial charge in [0.05, 0.1) is 17.2 Å². The highest BCUT2D eigenvalue weighted by atomic mass is 16.5. The van der Waals surface area contributed by atoms with Crippen LogP contribution in [0.4, 0.5) is 0 Å². The van der Waals surface area contributed by atoms with E-state index in [0.717, 1.165) is 16.7 Å². The van der Waals surface area contributed by atoms with Gasteiger partial charge in [0, 0.05) is 0 Å². The van der Waals surface area contributed by atoms with Gasteiger partial charge < -0.3 is 4.74 Å². The monoisotopic (exact) mass is 262 g/mol. The van der Waals surface area contributed by atoms with E-state index in [2.05, 4.69) is 12.1 Å². The average molecular weight is 262 g/mol. The molecule has 2 aromatic rings. The molecule has 0 radical (unpaired) electrons. The number of benzene rings is 2. The molecule has 0 amide bonds. The van der Waals surface area contributed by atoms with Gasteiger partial charge in [-0.3, -0.25) is 0 Å². The van der Waals surface area contributed by atoms with Crippen molar-refractivity contribution in [3.8, 4) is 23.6 Å². The van der Waals surface area contributed by atoms with Crippen LogP contribution in [0.2, 0.25) is 0 Å². The van der Waals surface area contributed by atoms with Crippen molar-refractivity contribution < 1.29 is 4.74 Å². The van der Waals surface area contributed by atoms with E-state index in [0.29, 0.717) is 22.6 Å². The molecule has 0 aromatic heterocycles. The first-order valence-corrected chi connectivity index (χ1v) is 6.25. The van der Waals surface area contributed by atoms with E-state index in [4.69, 9.17) is 15.3 Å². The Morgan fingerprint density at radius 2 is 1.50 bits per heavy atom. The number of hydrogen-bond donors (Lipinski definition) is 0. The van der Waals surface area contributed by atoms with E-state index >= 15 is 0 Å². The highest BCUT2D eigenvalue weighted by Crippen LogP contribution is 2.33. The normalized spacial score (nSPS) is 9.65. The third-order valence-corrected chi connectivity index (χ3v) is 3.13. The van der Waals surface area contributed by atoms with E-state index in [-0.39, 0.29) is 0 Å². The fourth-order valence-electron chi connectivity index (χ4n) is 2.15. The molecular formula is C17H14N2O. The first-order valence-electron chi connectivity index (χ1n) is 6.25. The lowest BCUT2D eigenvalue weighted by molar-refractivity contribution is 0.470. The van der Waals surface area contributed by atoms with Crippen molar-refractivity contribution in [1.29, 1.82) is 10.5 Å². The quantitative estimate of drug-likeness (QED) is 0.817. The fraction of sp³-hybridized carbons (Fsp3) is 0.176. The van der Waals surface area contributed by atoms with Crippen LogP contribution in [0, 0.1) is 43.4 Å². The molecule has 0 aliphatic rings. The van der Waals surface area contributed by atoms with Crippen molar-refractivity contribution in [2.75, 3.05) is 0 Å². The zero-order chi connectivity index (χ0) is 14.7. The molecule has 0 aliphatic heterocycles. The lowest BCUT2D eigenvalue weighted by atomic mass is 10.1. The van der Waals surface area contributed by atoms with Crippen LogP contribution >= 0.6 is 0 Å². The molecule has 3 nitrogen and oxygen atoms in total. The van der Waals surface area contributed by atoms with E-state index < -0.39 is 0 Å². The summed E-state index contributed by atoms with van der Waals surface area (Å²) in [6.07, 6.45) is 0. The second-order valence-corrected chi connectivity index (χ2v) is 4.72. The van der Waals surface area contributed by atoms with Crippen molar-refractivity contribution in [1.82, 2.24) is 0 Å². The van der Waals surface area contributed by atoms with E-state index in [1.165, 1.54) is 0 Å². The Labute approximate surface area is 118 Å². The van der Waals surface area contributed by atoms with E-state index in [1.54, 1.807) is 18.2 Å². The van der Waals surface area contributed by atoms with Gasteiger partial charge in [-0.1, -0.05) is 12.1 Å². The van der Waals surface area contributed by atoms with Gasteiger partial charge in [-0.2, -0.15) is 10.5 Å². The molecule has 0 saturated heterocycles. The van der Waals surface area contributed by atoms with E-state index in [9.17, 15) is 0 Å². The van der Waals surface area contributed by atoms with Crippen LogP contribution in [0.5, 0.6) is 11.5 Å². The fourth-order valence-corrected chi connectivity index (χ4v) is 2.15. The number of para-hydroxylation sites is 1. The smallest absolute Gasteiger partial charge is 0.148 e. The van der Waals surface area contributed by atoms with Crippen molar-refractivity contribution >= 4 is 0 Å². The topological polar surface area (TPSA) is 56.8 Å². The van der Waals surface area contributed by atoms with Gasteiger partial charge in [-0.25, -0.2) is 0 Å². The molecule has 0 spiro atoms. The van der Waals surface area contributed by atoms with Gasteiger partial charge >= 0.3 is 0 Å². The lowest BCUT2D eigenvalue weighted by Crippen LogP contribution is -1.96. The lowest BCUT2D eigenvalue weighted by Gasteiger charge is -2.15. The summed E-state index contributed by atoms with van der Waals surface area (Å²) in [7, 11) is 0. The number of nitriles is 2. The highest BCUT2D eigenvalue weighted by Gasteiger charge is 2.12. The zero-order valence-corrected chi connectivity index (χ0v) is 11.7. The number of aryl methyl sites for hydroxylation is 3. The first-order chi connectivity index (χ1) is 9.56. The summed E-state index contributed by atoms with van der Waals surface area (Å²) in [6, 6.07) is 13.3. The summed E-state index contributed by atoms with van der Waals surface area (Å²) in [5.74, 6) is 1.28. The molecule has 3 heteroatoms. The third-order valence-electron chi connectivity index (χ3n) is 3.13. The van der Waals surface area contributed by atoms with Crippen molar-refractivity contribution in [3.05, 3.63) is 58.1 Å². The molecule has 0 unspecified atom stereocenters. The molecular weight excluding hydrogens is 248 g/mol. The maximum atomic E-state index is 9.17. The average Bonchev–Trinajstić information content (AvgIpc) is 2.43. The number of hydrogen-bond acceptors (Lipinski definition) is 3. The van der Waals surface area contributed by atoms with Gasteiger partial charge in [-0.15, -0.1) is 0 Å². The zero-order valence-electron chi connectivity index (χ0n) is 11.7. The Kier molecular flexibility index (Phi) is 3.73. The maximum absolute atomic E-state index is 9.17. The van der Waals surface area contributed by atoms with Crippen LogP contribution in [0.3, 0.4) is 0 Å². The van der Waals surface area contributed by atoms with Crippen LogP contribution in [-0.2, 0) is 0 Å². The molecule has 0 saturated carbocycles. The Balaban J connectivity index is 2.52. The second kappa shape index (κ2) is 5.47. The summed E-state index contributed by atoms with van der Waals surface area (Å²) >= 11 is 0. The highest BCUT2D eigenvalue weighted by molar-refractivity contribution is 5.54. The second-order valence-electron chi connectivity index (χ2n) is 4.72. The van der Waals surface area contributed by atoms with Gasteiger partial charge in [0.25, 0.3) is 0 Å². The minimum Gasteiger partial charge on any atom is -0.455 e. The molecule has 2 rings (SSSR count). The van der Waals surface area contributed by atoms with Crippen molar-refractivity contribution in [2.24, 2.45) is 0 Å². The van der Waals surface area contributed by atoms with Crippen LogP contribution in [-0.4, -0.2) is 0 Å². The third kappa shape index (κ3) is 2.48. The number of ether oxygens (including phenoxy) is 1. The van der Waals surface area contributed by atoms with Crippen LogP contribution < -0.4 is 4.74 Å². The van der Waals surface area contributed by atoms with Gasteiger partial charge in [0.2, 0.25) is 0 Å². The molecule has 0 atom stereocenters. The van der Waals surface area contributed by atoms with Gasteiger partial charge in [0.15, 0.2) is 0 Å². The Hall–Kier alpha value is -2.78. The van der Waals surface area contributed by atoms with Crippen LogP contribution in [0.25, 0.3) is 0 Å². The number of nitrogens with zero attached hydrogens (tertiary/aromatic N) is 2. The molecule has 0 N–H and O–H groups in total. The molecule has 0 bridgehead atoms. The predicted molar refractivity (Wildman–Crippen MR) is 76.6 cm³/mol. The maximum Gasteiger partial charge on any atom is 0.148 e. The van der Waals surface area contributed by atoms with Crippen molar-refractivity contribution in [2.45, 2.75) is 20.8 Å². The van der Waals surface area contributed by atoms with E-state index in [1.807, 2.05) is 32.9 Å². The van der Waals surface area contributed by atoms with Crippen molar-refractivity contribution in [3.63, 3.8) is 0 Å². The van der Waals surface area contributed by atoms with Gasteiger partial charge in [-0.05, 0) is 55.7 Å². The molecule has 0 fully saturated rings. The van der Waals surface area contributed by atoms with Crippen LogP contribution in [0.1, 0.15) is 27.8 Å². The standard InChI is InChI=1S/C17H14N2O/c1-11-5-4-6-15(10-19)17(11)20-16-12(2)7-14(9-18)8-13(16)3/h4-8H,1-3H3. The molecule has 2 aromatic carbocycles. The minimum atomic E-state index is 0.508.